The van der Waals surface area contributed by atoms with Crippen LogP contribution in [-0.4, -0.2) is 60.2 Å². The van der Waals surface area contributed by atoms with E-state index in [1.54, 1.807) is 17.7 Å². The quantitative estimate of drug-likeness (QED) is 0.470. The van der Waals surface area contributed by atoms with Gasteiger partial charge in [-0.2, -0.15) is 0 Å². The minimum Gasteiger partial charge on any atom is -0.379 e. The minimum absolute atomic E-state index is 0.0287. The van der Waals surface area contributed by atoms with E-state index in [-0.39, 0.29) is 11.9 Å². The summed E-state index contributed by atoms with van der Waals surface area (Å²) in [5.41, 5.74) is 0.940. The molecule has 0 aliphatic carbocycles. The van der Waals surface area contributed by atoms with Crippen LogP contribution in [0.25, 0.3) is 10.2 Å². The Hall–Kier alpha value is -2.07. The maximum atomic E-state index is 13.1. The summed E-state index contributed by atoms with van der Waals surface area (Å²) in [6, 6.07) is 4.12. The minimum atomic E-state index is -0.0426. The van der Waals surface area contributed by atoms with Crippen molar-refractivity contribution < 1.29 is 9.53 Å². The number of amides is 1. The predicted octanol–water partition coefficient (Wildman–Crippen LogP) is 4.08. The summed E-state index contributed by atoms with van der Waals surface area (Å²) < 4.78 is 5.41. The Bertz CT molecular complexity index is 999. The second-order valence-corrected chi connectivity index (χ2v) is 9.62. The summed E-state index contributed by atoms with van der Waals surface area (Å²) in [5, 5.41) is 9.65. The molecule has 0 radical (unpaired) electrons. The molecule has 0 unspecified atom stereocenters. The van der Waals surface area contributed by atoms with Gasteiger partial charge in [-0.25, -0.2) is 9.97 Å². The number of hydrogen-bond donors (Lipinski definition) is 2. The van der Waals surface area contributed by atoms with Crippen LogP contribution in [0.5, 0.6) is 0 Å². The van der Waals surface area contributed by atoms with Gasteiger partial charge in [0.25, 0.3) is 5.91 Å². The van der Waals surface area contributed by atoms with Crippen molar-refractivity contribution in [1.82, 2.24) is 20.2 Å². The predicted molar refractivity (Wildman–Crippen MR) is 127 cm³/mol. The van der Waals surface area contributed by atoms with Gasteiger partial charge in [-0.15, -0.1) is 22.7 Å². The molecule has 4 heterocycles. The molecule has 1 aliphatic rings. The summed E-state index contributed by atoms with van der Waals surface area (Å²) >= 11 is 3.11. The molecule has 0 saturated carbocycles. The van der Waals surface area contributed by atoms with Gasteiger partial charge in [-0.05, 0) is 43.3 Å². The maximum Gasteiger partial charge on any atom is 0.262 e. The van der Waals surface area contributed by atoms with Crippen LogP contribution in [0.4, 0.5) is 5.82 Å². The fraction of sp³-hybridized carbons (Fsp3) is 0.500. The van der Waals surface area contributed by atoms with Gasteiger partial charge < -0.3 is 15.4 Å². The molecule has 3 aromatic rings. The summed E-state index contributed by atoms with van der Waals surface area (Å²) in [5.74, 6) is 0.768. The van der Waals surface area contributed by atoms with Crippen LogP contribution in [0, 0.1) is 6.92 Å². The lowest BCUT2D eigenvalue weighted by Gasteiger charge is -2.26. The standard InChI is InChI=1S/C22H29N5O2S2/c1-3-16(17-6-4-13-30-17)26-21(28)19-15(2)18-20(24-14-25-22(18)31-19)23-7-5-8-27-9-11-29-12-10-27/h4,6,13-14,16H,3,5,7-12H2,1-2H3,(H,26,28)(H,23,24,25)/t16-/m1/s1. The van der Waals surface area contributed by atoms with Crippen LogP contribution in [0.2, 0.25) is 0 Å². The van der Waals surface area contributed by atoms with Crippen molar-refractivity contribution >= 4 is 44.6 Å². The van der Waals surface area contributed by atoms with E-state index < -0.39 is 0 Å². The van der Waals surface area contributed by atoms with Crippen molar-refractivity contribution in [2.24, 2.45) is 0 Å². The van der Waals surface area contributed by atoms with Crippen LogP contribution >= 0.6 is 22.7 Å². The highest BCUT2D eigenvalue weighted by molar-refractivity contribution is 7.20. The number of carbonyl (C=O) groups is 1. The Balaban J connectivity index is 1.43. The number of aromatic nitrogens is 2. The van der Waals surface area contributed by atoms with Gasteiger partial charge in [0.2, 0.25) is 0 Å². The lowest BCUT2D eigenvalue weighted by Crippen LogP contribution is -2.37. The number of rotatable bonds is 9. The molecule has 0 bridgehead atoms. The molecule has 2 N–H and O–H groups in total. The van der Waals surface area contributed by atoms with Crippen LogP contribution < -0.4 is 10.6 Å². The first-order chi connectivity index (χ1) is 15.2. The Morgan fingerprint density at radius 2 is 2.16 bits per heavy atom. The van der Waals surface area contributed by atoms with Gasteiger partial charge in [-0.1, -0.05) is 13.0 Å². The van der Waals surface area contributed by atoms with E-state index >= 15 is 0 Å². The Kier molecular flexibility index (Phi) is 7.49. The van der Waals surface area contributed by atoms with Crippen LogP contribution in [-0.2, 0) is 4.74 Å². The molecule has 31 heavy (non-hydrogen) atoms. The number of nitrogens with one attached hydrogen (secondary N) is 2. The highest BCUT2D eigenvalue weighted by atomic mass is 32.1. The summed E-state index contributed by atoms with van der Waals surface area (Å²) in [6.07, 6.45) is 3.46. The van der Waals surface area contributed by atoms with E-state index in [4.69, 9.17) is 4.74 Å². The van der Waals surface area contributed by atoms with E-state index in [1.165, 1.54) is 16.2 Å². The lowest BCUT2D eigenvalue weighted by atomic mass is 10.1. The third kappa shape index (κ3) is 5.23. The van der Waals surface area contributed by atoms with Gasteiger partial charge in [0.15, 0.2) is 0 Å². The molecule has 166 valence electrons. The zero-order valence-corrected chi connectivity index (χ0v) is 19.7. The molecule has 1 aliphatic heterocycles. The second kappa shape index (κ2) is 10.5. The van der Waals surface area contributed by atoms with Crippen LogP contribution in [0.1, 0.15) is 45.9 Å². The summed E-state index contributed by atoms with van der Waals surface area (Å²) in [6.45, 7) is 9.61. The van der Waals surface area contributed by atoms with Crippen LogP contribution in [0.15, 0.2) is 23.8 Å². The molecular weight excluding hydrogens is 430 g/mol. The summed E-state index contributed by atoms with van der Waals surface area (Å²) in [4.78, 5) is 27.1. The number of carbonyl (C=O) groups excluding carboxylic acids is 1. The Morgan fingerprint density at radius 3 is 2.90 bits per heavy atom. The van der Waals surface area contributed by atoms with Crippen molar-refractivity contribution in [2.75, 3.05) is 44.7 Å². The molecule has 9 heteroatoms. The molecule has 1 atom stereocenters. The average molecular weight is 460 g/mol. The van der Waals surface area contributed by atoms with E-state index in [1.807, 2.05) is 18.4 Å². The number of nitrogens with zero attached hydrogens (tertiary/aromatic N) is 3. The first-order valence-corrected chi connectivity index (χ1v) is 12.5. The highest BCUT2D eigenvalue weighted by Crippen LogP contribution is 2.34. The molecule has 0 aromatic carbocycles. The SMILES string of the molecule is CC[C@@H](NC(=O)c1sc2ncnc(NCCCN3CCOCC3)c2c1C)c1cccs1. The number of thiophene rings is 2. The number of fused-ring (bicyclic) bond motifs is 1. The van der Waals surface area contributed by atoms with Gasteiger partial charge >= 0.3 is 0 Å². The van der Waals surface area contributed by atoms with Crippen molar-refractivity contribution in [2.45, 2.75) is 32.7 Å². The van der Waals surface area contributed by atoms with Crippen molar-refractivity contribution in [1.29, 1.82) is 0 Å². The van der Waals surface area contributed by atoms with Crippen molar-refractivity contribution in [3.63, 3.8) is 0 Å². The molecular formula is C22H29N5O2S2. The molecule has 1 fully saturated rings. The third-order valence-corrected chi connectivity index (χ3v) is 7.77. The Labute approximate surface area is 190 Å². The van der Waals surface area contributed by atoms with E-state index in [0.717, 1.165) is 73.8 Å². The van der Waals surface area contributed by atoms with Gasteiger partial charge in [0.1, 0.15) is 17.0 Å². The first kappa shape index (κ1) is 22.1. The zero-order chi connectivity index (χ0) is 21.6. The smallest absolute Gasteiger partial charge is 0.262 e. The number of ether oxygens (including phenoxy) is 1. The maximum absolute atomic E-state index is 13.1. The number of hydrogen-bond acceptors (Lipinski definition) is 8. The molecule has 1 saturated heterocycles. The van der Waals surface area contributed by atoms with E-state index in [2.05, 4.69) is 38.5 Å². The van der Waals surface area contributed by atoms with E-state index in [9.17, 15) is 4.79 Å². The third-order valence-electron chi connectivity index (χ3n) is 5.58. The summed E-state index contributed by atoms with van der Waals surface area (Å²) in [7, 11) is 0. The number of anilines is 1. The van der Waals surface area contributed by atoms with Gasteiger partial charge in [0, 0.05) is 24.5 Å². The largest absolute Gasteiger partial charge is 0.379 e. The highest BCUT2D eigenvalue weighted by Gasteiger charge is 2.22. The van der Waals surface area contributed by atoms with Crippen molar-refractivity contribution in [3.05, 3.63) is 39.2 Å². The molecule has 4 rings (SSSR count). The number of aryl methyl sites for hydroxylation is 1. The van der Waals surface area contributed by atoms with Crippen molar-refractivity contribution in [3.8, 4) is 0 Å². The monoisotopic (exact) mass is 459 g/mol. The molecule has 7 nitrogen and oxygen atoms in total. The molecule has 0 spiro atoms. The normalized spacial score (nSPS) is 15.8. The first-order valence-electron chi connectivity index (χ1n) is 10.8. The fourth-order valence-corrected chi connectivity index (χ4v) is 5.76. The topological polar surface area (TPSA) is 79.4 Å². The Morgan fingerprint density at radius 1 is 1.32 bits per heavy atom. The fourth-order valence-electron chi connectivity index (χ4n) is 3.84. The van der Waals surface area contributed by atoms with Gasteiger partial charge in [0.05, 0.1) is 29.5 Å². The average Bonchev–Trinajstić information content (AvgIpc) is 3.44. The van der Waals surface area contributed by atoms with Crippen LogP contribution in [0.3, 0.4) is 0 Å². The lowest BCUT2D eigenvalue weighted by molar-refractivity contribution is 0.0378. The zero-order valence-electron chi connectivity index (χ0n) is 18.0. The van der Waals surface area contributed by atoms with E-state index in [0.29, 0.717) is 4.88 Å². The number of morpholine rings is 1. The molecule has 1 amide bonds. The van der Waals surface area contributed by atoms with Gasteiger partial charge in [-0.3, -0.25) is 9.69 Å². The second-order valence-electron chi connectivity index (χ2n) is 7.64. The molecule has 3 aromatic heterocycles.